The number of thiazole rings is 1. The van der Waals surface area contributed by atoms with Gasteiger partial charge >= 0.3 is 6.03 Å². The number of amides is 2. The number of carbonyl (C=O) groups is 1. The summed E-state index contributed by atoms with van der Waals surface area (Å²) in [5.41, 5.74) is 3.03. The van der Waals surface area contributed by atoms with Crippen LogP contribution in [0, 0.1) is 10.1 Å². The highest BCUT2D eigenvalue weighted by atomic mass is 32.1. The molecule has 4 rings (SSSR count). The zero-order chi connectivity index (χ0) is 16.7. The summed E-state index contributed by atoms with van der Waals surface area (Å²) in [6.07, 6.45) is 3.06. The van der Waals surface area contributed by atoms with Crippen LogP contribution in [-0.4, -0.2) is 27.4 Å². The maximum Gasteiger partial charge on any atom is 0.323 e. The van der Waals surface area contributed by atoms with E-state index in [0.717, 1.165) is 16.8 Å². The van der Waals surface area contributed by atoms with E-state index in [1.807, 2.05) is 5.38 Å². The van der Waals surface area contributed by atoms with Crippen molar-refractivity contribution < 1.29 is 9.72 Å². The number of anilines is 1. The van der Waals surface area contributed by atoms with Crippen LogP contribution in [0.25, 0.3) is 0 Å². The zero-order valence-corrected chi connectivity index (χ0v) is 13.7. The molecule has 0 saturated heterocycles. The molecule has 7 nitrogen and oxygen atoms in total. The van der Waals surface area contributed by atoms with E-state index in [1.165, 1.54) is 30.2 Å². The Balaban J connectivity index is 1.45. The largest absolute Gasteiger partial charge is 0.323 e. The van der Waals surface area contributed by atoms with Crippen molar-refractivity contribution in [2.45, 2.75) is 31.7 Å². The van der Waals surface area contributed by atoms with E-state index in [0.29, 0.717) is 30.6 Å². The van der Waals surface area contributed by atoms with Gasteiger partial charge in [-0.1, -0.05) is 6.07 Å². The lowest BCUT2D eigenvalue weighted by Gasteiger charge is -2.28. The van der Waals surface area contributed by atoms with Crippen LogP contribution in [-0.2, 0) is 13.0 Å². The Bertz CT molecular complexity index is 815. The van der Waals surface area contributed by atoms with E-state index in [9.17, 15) is 14.9 Å². The number of hydrogen-bond acceptors (Lipinski definition) is 5. The van der Waals surface area contributed by atoms with Crippen molar-refractivity contribution in [3.8, 4) is 0 Å². The van der Waals surface area contributed by atoms with Crippen LogP contribution in [0.1, 0.15) is 35.6 Å². The van der Waals surface area contributed by atoms with Gasteiger partial charge in [0.2, 0.25) is 0 Å². The topological polar surface area (TPSA) is 88.4 Å². The van der Waals surface area contributed by atoms with Gasteiger partial charge in [0.25, 0.3) is 5.69 Å². The number of nitro benzene ring substituents is 1. The van der Waals surface area contributed by atoms with Gasteiger partial charge in [-0.15, -0.1) is 11.3 Å². The molecular formula is C16H16N4O3S. The molecule has 124 valence electrons. The molecule has 0 atom stereocenters. The molecular weight excluding hydrogens is 328 g/mol. The smallest absolute Gasteiger partial charge is 0.320 e. The molecule has 1 aliphatic heterocycles. The Morgan fingerprint density at radius 1 is 1.38 bits per heavy atom. The molecule has 1 aliphatic carbocycles. The number of nitrogens with zero attached hydrogens (tertiary/aromatic N) is 3. The Morgan fingerprint density at radius 3 is 2.96 bits per heavy atom. The van der Waals surface area contributed by atoms with Crippen molar-refractivity contribution in [3.63, 3.8) is 0 Å². The Hall–Kier alpha value is -2.48. The van der Waals surface area contributed by atoms with Crippen molar-refractivity contribution >= 4 is 28.2 Å². The molecule has 0 unspecified atom stereocenters. The van der Waals surface area contributed by atoms with Crippen LogP contribution in [0.15, 0.2) is 23.6 Å². The summed E-state index contributed by atoms with van der Waals surface area (Å²) >= 11 is 1.44. The third-order valence-electron chi connectivity index (χ3n) is 4.43. The quantitative estimate of drug-likeness (QED) is 0.681. The second-order valence-electron chi connectivity index (χ2n) is 6.16. The van der Waals surface area contributed by atoms with E-state index >= 15 is 0 Å². The average Bonchev–Trinajstić information content (AvgIpc) is 3.33. The predicted octanol–water partition coefficient (Wildman–Crippen LogP) is 3.52. The molecule has 1 aromatic carbocycles. The normalized spacial score (nSPS) is 16.6. The molecule has 8 heteroatoms. The van der Waals surface area contributed by atoms with E-state index < -0.39 is 4.92 Å². The summed E-state index contributed by atoms with van der Waals surface area (Å²) in [5, 5.41) is 16.4. The van der Waals surface area contributed by atoms with Gasteiger partial charge in [0, 0.05) is 36.5 Å². The lowest BCUT2D eigenvalue weighted by atomic mass is 9.99. The first-order valence-corrected chi connectivity index (χ1v) is 8.75. The third kappa shape index (κ3) is 2.96. The number of non-ortho nitro benzene ring substituents is 1. The molecule has 1 fully saturated rings. The van der Waals surface area contributed by atoms with Crippen LogP contribution in [0.3, 0.4) is 0 Å². The van der Waals surface area contributed by atoms with Crippen LogP contribution < -0.4 is 5.32 Å². The van der Waals surface area contributed by atoms with Crippen molar-refractivity contribution in [1.29, 1.82) is 0 Å². The van der Waals surface area contributed by atoms with Gasteiger partial charge in [0.15, 0.2) is 5.13 Å². The number of aromatic nitrogens is 1. The zero-order valence-electron chi connectivity index (χ0n) is 12.9. The Labute approximate surface area is 142 Å². The molecule has 1 aromatic heterocycles. The summed E-state index contributed by atoms with van der Waals surface area (Å²) in [4.78, 5) is 29.1. The van der Waals surface area contributed by atoms with Crippen LogP contribution >= 0.6 is 11.3 Å². The van der Waals surface area contributed by atoms with E-state index in [1.54, 1.807) is 17.0 Å². The first kappa shape index (κ1) is 15.1. The molecule has 2 aromatic rings. The SMILES string of the molecule is O=C(Nc1nc(C2CC2)cs1)N1CCc2ccc([N+](=O)[O-])cc2C1. The fourth-order valence-corrected chi connectivity index (χ4v) is 3.69. The summed E-state index contributed by atoms with van der Waals surface area (Å²) < 4.78 is 0. The molecule has 0 bridgehead atoms. The van der Waals surface area contributed by atoms with Crippen molar-refractivity contribution in [2.24, 2.45) is 0 Å². The summed E-state index contributed by atoms with van der Waals surface area (Å²) in [6, 6.07) is 4.65. The Morgan fingerprint density at radius 2 is 2.21 bits per heavy atom. The second kappa shape index (κ2) is 5.86. The van der Waals surface area contributed by atoms with Crippen LogP contribution in [0.2, 0.25) is 0 Å². The summed E-state index contributed by atoms with van der Waals surface area (Å²) in [7, 11) is 0. The maximum absolute atomic E-state index is 12.4. The minimum Gasteiger partial charge on any atom is -0.320 e. The fourth-order valence-electron chi connectivity index (χ4n) is 2.91. The van der Waals surface area contributed by atoms with Crippen LogP contribution in [0.5, 0.6) is 0 Å². The molecule has 1 saturated carbocycles. The average molecular weight is 344 g/mol. The van der Waals surface area contributed by atoms with Crippen molar-refractivity contribution in [2.75, 3.05) is 11.9 Å². The molecule has 0 radical (unpaired) electrons. The minimum atomic E-state index is -0.408. The second-order valence-corrected chi connectivity index (χ2v) is 7.02. The highest BCUT2D eigenvalue weighted by Gasteiger charge is 2.27. The van der Waals surface area contributed by atoms with Crippen molar-refractivity contribution in [3.05, 3.63) is 50.5 Å². The van der Waals surface area contributed by atoms with Gasteiger partial charge in [0.1, 0.15) is 0 Å². The van der Waals surface area contributed by atoms with E-state index in [4.69, 9.17) is 0 Å². The number of nitro groups is 1. The highest BCUT2D eigenvalue weighted by molar-refractivity contribution is 7.13. The molecule has 24 heavy (non-hydrogen) atoms. The van der Waals surface area contributed by atoms with Gasteiger partial charge in [-0.2, -0.15) is 0 Å². The first-order valence-electron chi connectivity index (χ1n) is 7.87. The number of fused-ring (bicyclic) bond motifs is 1. The lowest BCUT2D eigenvalue weighted by Crippen LogP contribution is -2.38. The summed E-state index contributed by atoms with van der Waals surface area (Å²) in [5.74, 6) is 0.564. The molecule has 1 N–H and O–H groups in total. The number of urea groups is 1. The minimum absolute atomic E-state index is 0.0602. The Kier molecular flexibility index (Phi) is 3.68. The standard InChI is InChI=1S/C16H16N4O3S/c21-16(18-15-17-14(9-24-15)11-1-2-11)19-6-5-10-3-4-13(20(22)23)7-12(10)8-19/h3-4,7,9,11H,1-2,5-6,8H2,(H,17,18,21). The molecule has 2 aliphatic rings. The van der Waals surface area contributed by atoms with Gasteiger partial charge in [-0.05, 0) is 30.4 Å². The van der Waals surface area contributed by atoms with Crippen LogP contribution in [0.4, 0.5) is 15.6 Å². The molecule has 0 spiro atoms. The number of rotatable bonds is 3. The fraction of sp³-hybridized carbons (Fsp3) is 0.375. The number of carbonyl (C=O) groups excluding carboxylic acids is 1. The highest BCUT2D eigenvalue weighted by Crippen LogP contribution is 2.40. The number of hydrogen-bond donors (Lipinski definition) is 1. The van der Waals surface area contributed by atoms with Gasteiger partial charge < -0.3 is 4.90 Å². The van der Waals surface area contributed by atoms with Gasteiger partial charge in [-0.25, -0.2) is 9.78 Å². The lowest BCUT2D eigenvalue weighted by molar-refractivity contribution is -0.385. The van der Waals surface area contributed by atoms with E-state index in [2.05, 4.69) is 10.3 Å². The number of benzene rings is 1. The van der Waals surface area contributed by atoms with Gasteiger partial charge in [-0.3, -0.25) is 15.4 Å². The predicted molar refractivity (Wildman–Crippen MR) is 90.3 cm³/mol. The number of nitrogens with one attached hydrogen (secondary N) is 1. The van der Waals surface area contributed by atoms with Crippen molar-refractivity contribution in [1.82, 2.24) is 9.88 Å². The molecule has 2 heterocycles. The first-order chi connectivity index (χ1) is 11.6. The van der Waals surface area contributed by atoms with E-state index in [-0.39, 0.29) is 11.7 Å². The van der Waals surface area contributed by atoms with Gasteiger partial charge in [0.05, 0.1) is 10.6 Å². The summed E-state index contributed by atoms with van der Waals surface area (Å²) in [6.45, 7) is 0.973. The maximum atomic E-state index is 12.4. The monoisotopic (exact) mass is 344 g/mol. The third-order valence-corrected chi connectivity index (χ3v) is 5.21. The molecule has 2 amide bonds.